The summed E-state index contributed by atoms with van der Waals surface area (Å²) in [7, 11) is 0. The van der Waals surface area contributed by atoms with Crippen LogP contribution in [0.4, 0.5) is 5.69 Å². The van der Waals surface area contributed by atoms with Crippen LogP contribution in [0.2, 0.25) is 0 Å². The first-order chi connectivity index (χ1) is 15.0. The number of rotatable bonds is 4. The van der Waals surface area contributed by atoms with Gasteiger partial charge in [0.15, 0.2) is 17.0 Å². The van der Waals surface area contributed by atoms with Gasteiger partial charge < -0.3 is 13.8 Å². The third-order valence-electron chi connectivity index (χ3n) is 5.33. The molecule has 0 saturated heterocycles. The fourth-order valence-electron chi connectivity index (χ4n) is 3.77. The molecule has 4 heterocycles. The maximum Gasteiger partial charge on any atom is 0.270 e. The van der Waals surface area contributed by atoms with Crippen LogP contribution in [0.25, 0.3) is 22.6 Å². The standard InChI is InChI=1S/C21H16N4O6/c26-19-12(11-31-17-4-3-13(25(28)29)8-14(17)19)9-24-6-5-16-15(10-24)21(27)23-20(22-16)18-2-1-7-30-18/h1-4,7-8,11H,5-6,9-10H2,(H,22,23,27). The van der Waals surface area contributed by atoms with E-state index in [0.29, 0.717) is 47.9 Å². The number of furan rings is 1. The van der Waals surface area contributed by atoms with Gasteiger partial charge in [0.2, 0.25) is 0 Å². The van der Waals surface area contributed by atoms with Crippen molar-refractivity contribution in [3.8, 4) is 11.6 Å². The number of hydrogen-bond acceptors (Lipinski definition) is 8. The van der Waals surface area contributed by atoms with Crippen LogP contribution >= 0.6 is 0 Å². The first-order valence-electron chi connectivity index (χ1n) is 9.57. The molecule has 31 heavy (non-hydrogen) atoms. The second-order valence-corrected chi connectivity index (χ2v) is 7.31. The van der Waals surface area contributed by atoms with Gasteiger partial charge in [0, 0.05) is 43.8 Å². The molecule has 1 N–H and O–H groups in total. The van der Waals surface area contributed by atoms with E-state index >= 15 is 0 Å². The van der Waals surface area contributed by atoms with Gasteiger partial charge in [-0.25, -0.2) is 4.98 Å². The summed E-state index contributed by atoms with van der Waals surface area (Å²) in [4.78, 5) is 45.2. The number of benzene rings is 1. The summed E-state index contributed by atoms with van der Waals surface area (Å²) in [6, 6.07) is 7.38. The molecule has 3 aromatic heterocycles. The molecule has 5 rings (SSSR count). The molecule has 10 heteroatoms. The third-order valence-corrected chi connectivity index (χ3v) is 5.33. The van der Waals surface area contributed by atoms with Crippen LogP contribution < -0.4 is 11.0 Å². The molecule has 1 aliphatic heterocycles. The molecular formula is C21H16N4O6. The molecule has 0 unspecified atom stereocenters. The molecule has 1 aromatic carbocycles. The predicted octanol–water partition coefficient (Wildman–Crippen LogP) is 2.60. The van der Waals surface area contributed by atoms with Gasteiger partial charge in [0.25, 0.3) is 11.2 Å². The zero-order valence-corrected chi connectivity index (χ0v) is 16.2. The molecule has 1 aliphatic rings. The summed E-state index contributed by atoms with van der Waals surface area (Å²) < 4.78 is 10.8. The number of fused-ring (bicyclic) bond motifs is 2. The summed E-state index contributed by atoms with van der Waals surface area (Å²) in [5.41, 5.74) is 1.16. The Kier molecular flexibility index (Phi) is 4.48. The van der Waals surface area contributed by atoms with Crippen molar-refractivity contribution in [1.29, 1.82) is 0 Å². The van der Waals surface area contributed by atoms with E-state index in [4.69, 9.17) is 8.83 Å². The number of aromatic amines is 1. The first-order valence-corrected chi connectivity index (χ1v) is 9.57. The molecule has 0 fully saturated rings. The van der Waals surface area contributed by atoms with Crippen molar-refractivity contribution in [3.05, 3.63) is 90.4 Å². The third kappa shape index (κ3) is 3.42. The molecule has 0 spiro atoms. The minimum absolute atomic E-state index is 0.159. The van der Waals surface area contributed by atoms with E-state index in [-0.39, 0.29) is 34.2 Å². The van der Waals surface area contributed by atoms with Gasteiger partial charge in [-0.05, 0) is 18.2 Å². The number of hydrogen-bond donors (Lipinski definition) is 1. The van der Waals surface area contributed by atoms with E-state index in [1.807, 2.05) is 4.90 Å². The monoisotopic (exact) mass is 420 g/mol. The Labute approximate surface area is 173 Å². The van der Waals surface area contributed by atoms with Crippen molar-refractivity contribution >= 4 is 16.7 Å². The lowest BCUT2D eigenvalue weighted by molar-refractivity contribution is -0.384. The Morgan fingerprint density at radius 2 is 2.10 bits per heavy atom. The zero-order chi connectivity index (χ0) is 21.5. The Balaban J connectivity index is 1.43. The van der Waals surface area contributed by atoms with Gasteiger partial charge in [-0.1, -0.05) is 0 Å². The summed E-state index contributed by atoms with van der Waals surface area (Å²) in [5.74, 6) is 0.879. The first kappa shape index (κ1) is 18.9. The van der Waals surface area contributed by atoms with Gasteiger partial charge >= 0.3 is 0 Å². The maximum absolute atomic E-state index is 12.9. The van der Waals surface area contributed by atoms with Crippen molar-refractivity contribution in [3.63, 3.8) is 0 Å². The van der Waals surface area contributed by atoms with E-state index in [2.05, 4.69) is 9.97 Å². The summed E-state index contributed by atoms with van der Waals surface area (Å²) in [6.45, 7) is 1.16. The Morgan fingerprint density at radius 1 is 1.23 bits per heavy atom. The highest BCUT2D eigenvalue weighted by molar-refractivity contribution is 5.79. The molecule has 0 amide bonds. The van der Waals surface area contributed by atoms with E-state index in [1.54, 1.807) is 12.1 Å². The molecule has 0 saturated carbocycles. The van der Waals surface area contributed by atoms with Crippen molar-refractivity contribution in [2.75, 3.05) is 6.54 Å². The fourth-order valence-corrected chi connectivity index (χ4v) is 3.77. The van der Waals surface area contributed by atoms with Crippen molar-refractivity contribution in [2.24, 2.45) is 0 Å². The van der Waals surface area contributed by atoms with Crippen LogP contribution in [0.15, 0.2) is 61.3 Å². The average Bonchev–Trinajstić information content (AvgIpc) is 3.31. The van der Waals surface area contributed by atoms with E-state index in [9.17, 15) is 19.7 Å². The molecule has 0 atom stereocenters. The van der Waals surface area contributed by atoms with E-state index in [1.165, 1.54) is 30.7 Å². The van der Waals surface area contributed by atoms with Gasteiger partial charge in [0.1, 0.15) is 5.58 Å². The van der Waals surface area contributed by atoms with Gasteiger partial charge in [-0.3, -0.25) is 24.6 Å². The average molecular weight is 420 g/mol. The second kappa shape index (κ2) is 7.33. The summed E-state index contributed by atoms with van der Waals surface area (Å²) in [5, 5.41) is 11.2. The van der Waals surface area contributed by atoms with Crippen molar-refractivity contribution < 1.29 is 13.8 Å². The highest BCUT2D eigenvalue weighted by Crippen LogP contribution is 2.22. The Morgan fingerprint density at radius 3 is 2.87 bits per heavy atom. The van der Waals surface area contributed by atoms with Gasteiger partial charge in [-0.2, -0.15) is 0 Å². The maximum atomic E-state index is 12.9. The van der Waals surface area contributed by atoms with Crippen molar-refractivity contribution in [1.82, 2.24) is 14.9 Å². The Bertz CT molecular complexity index is 1420. The van der Waals surface area contributed by atoms with E-state index in [0.717, 1.165) is 0 Å². The number of nitro groups is 1. The molecule has 0 radical (unpaired) electrons. The quantitative estimate of drug-likeness (QED) is 0.393. The molecule has 0 bridgehead atoms. The number of non-ortho nitro benzene ring substituents is 1. The number of aromatic nitrogens is 2. The van der Waals surface area contributed by atoms with Gasteiger partial charge in [0.05, 0.1) is 34.1 Å². The second-order valence-electron chi connectivity index (χ2n) is 7.31. The minimum Gasteiger partial charge on any atom is -0.464 e. The zero-order valence-electron chi connectivity index (χ0n) is 16.2. The Hall–Kier alpha value is -4.05. The summed E-state index contributed by atoms with van der Waals surface area (Å²) >= 11 is 0. The number of H-pyrrole nitrogens is 1. The highest BCUT2D eigenvalue weighted by atomic mass is 16.6. The largest absolute Gasteiger partial charge is 0.464 e. The van der Waals surface area contributed by atoms with Crippen LogP contribution in [0.3, 0.4) is 0 Å². The van der Waals surface area contributed by atoms with Crippen molar-refractivity contribution in [2.45, 2.75) is 19.5 Å². The smallest absolute Gasteiger partial charge is 0.270 e. The normalized spacial score (nSPS) is 13.9. The lowest BCUT2D eigenvalue weighted by atomic mass is 10.1. The number of nitrogens with one attached hydrogen (secondary N) is 1. The molecule has 0 aliphatic carbocycles. The SMILES string of the molecule is O=c1[nH]c(-c2ccco2)nc2c1CN(Cc1coc3ccc([N+](=O)[O-])cc3c1=O)CC2. The molecule has 10 nitrogen and oxygen atoms in total. The lowest BCUT2D eigenvalue weighted by Crippen LogP contribution is -2.36. The molecule has 156 valence electrons. The lowest BCUT2D eigenvalue weighted by Gasteiger charge is -2.27. The molecule has 4 aromatic rings. The van der Waals surface area contributed by atoms with Gasteiger partial charge in [-0.15, -0.1) is 0 Å². The highest BCUT2D eigenvalue weighted by Gasteiger charge is 2.23. The topological polar surface area (TPSA) is 135 Å². The van der Waals surface area contributed by atoms with Crippen LogP contribution in [0, 0.1) is 10.1 Å². The predicted molar refractivity (Wildman–Crippen MR) is 110 cm³/mol. The van der Waals surface area contributed by atoms with Crippen LogP contribution in [-0.2, 0) is 19.5 Å². The summed E-state index contributed by atoms with van der Waals surface area (Å²) in [6.07, 6.45) is 3.42. The van der Waals surface area contributed by atoms with Crippen LogP contribution in [0.1, 0.15) is 16.8 Å². The minimum atomic E-state index is -0.552. The number of nitro benzene ring substituents is 1. The van der Waals surface area contributed by atoms with Crippen LogP contribution in [0.5, 0.6) is 0 Å². The fraction of sp³-hybridized carbons (Fsp3) is 0.190. The number of nitrogens with zero attached hydrogens (tertiary/aromatic N) is 3. The molecular weight excluding hydrogens is 404 g/mol. The van der Waals surface area contributed by atoms with E-state index < -0.39 is 4.92 Å². The van der Waals surface area contributed by atoms with Crippen LogP contribution in [-0.4, -0.2) is 26.3 Å².